The van der Waals surface area contributed by atoms with Gasteiger partial charge in [-0.05, 0) is 51.5 Å². The van der Waals surface area contributed by atoms with E-state index in [1.165, 1.54) is 28.7 Å². The molecule has 7 heteroatoms. The lowest BCUT2D eigenvalue weighted by Gasteiger charge is -2.11. The van der Waals surface area contributed by atoms with Crippen molar-refractivity contribution in [3.05, 3.63) is 59.0 Å². The van der Waals surface area contributed by atoms with Gasteiger partial charge in [-0.3, -0.25) is 9.59 Å². The minimum atomic E-state index is -0.285. The van der Waals surface area contributed by atoms with Crippen LogP contribution in [0.3, 0.4) is 0 Å². The van der Waals surface area contributed by atoms with Gasteiger partial charge in [0.1, 0.15) is 0 Å². The number of rotatable bonds is 8. The SMILES string of the molecule is CCCC(=O)Nc1ccc(SC(C)C(=O)Nc2nc(-c3ccc(C)cc3)c(C)s2)cc1. The zero-order valence-corrected chi connectivity index (χ0v) is 19.8. The summed E-state index contributed by atoms with van der Waals surface area (Å²) in [5.74, 6) is -0.0751. The second-order valence-electron chi connectivity index (χ2n) is 7.36. The number of anilines is 2. The van der Waals surface area contributed by atoms with Gasteiger partial charge in [0.2, 0.25) is 11.8 Å². The van der Waals surface area contributed by atoms with Gasteiger partial charge in [0.05, 0.1) is 10.9 Å². The van der Waals surface area contributed by atoms with Gasteiger partial charge in [-0.2, -0.15) is 0 Å². The third kappa shape index (κ3) is 6.42. The van der Waals surface area contributed by atoms with E-state index >= 15 is 0 Å². The molecular formula is C24H27N3O2S2. The second kappa shape index (κ2) is 10.6. The average molecular weight is 454 g/mol. The molecule has 0 fully saturated rings. The molecule has 0 aliphatic heterocycles. The van der Waals surface area contributed by atoms with E-state index in [4.69, 9.17) is 0 Å². The second-order valence-corrected chi connectivity index (χ2v) is 9.98. The lowest BCUT2D eigenvalue weighted by Crippen LogP contribution is -2.22. The lowest BCUT2D eigenvalue weighted by atomic mass is 10.1. The number of hydrogen-bond donors (Lipinski definition) is 2. The maximum atomic E-state index is 12.7. The van der Waals surface area contributed by atoms with Crippen molar-refractivity contribution in [2.75, 3.05) is 10.6 Å². The molecule has 2 N–H and O–H groups in total. The van der Waals surface area contributed by atoms with Crippen LogP contribution in [-0.4, -0.2) is 22.0 Å². The number of hydrogen-bond acceptors (Lipinski definition) is 5. The zero-order chi connectivity index (χ0) is 22.4. The van der Waals surface area contributed by atoms with Crippen LogP contribution in [0.2, 0.25) is 0 Å². The molecule has 162 valence electrons. The van der Waals surface area contributed by atoms with Crippen molar-refractivity contribution in [2.45, 2.75) is 50.7 Å². The van der Waals surface area contributed by atoms with Crippen LogP contribution < -0.4 is 10.6 Å². The molecule has 1 atom stereocenters. The largest absolute Gasteiger partial charge is 0.326 e. The van der Waals surface area contributed by atoms with Crippen molar-refractivity contribution < 1.29 is 9.59 Å². The summed E-state index contributed by atoms with van der Waals surface area (Å²) in [5.41, 5.74) is 3.92. The molecule has 1 heterocycles. The molecule has 1 aromatic heterocycles. The number of carbonyl (C=O) groups is 2. The Balaban J connectivity index is 1.59. The smallest absolute Gasteiger partial charge is 0.239 e. The van der Waals surface area contributed by atoms with E-state index < -0.39 is 0 Å². The summed E-state index contributed by atoms with van der Waals surface area (Å²) in [7, 11) is 0. The Bertz CT molecular complexity index is 1040. The highest BCUT2D eigenvalue weighted by atomic mass is 32.2. The minimum absolute atomic E-state index is 0.0133. The molecule has 5 nitrogen and oxygen atoms in total. The van der Waals surface area contributed by atoms with Crippen molar-refractivity contribution in [1.29, 1.82) is 0 Å². The van der Waals surface area contributed by atoms with Crippen LogP contribution in [-0.2, 0) is 9.59 Å². The van der Waals surface area contributed by atoms with Gasteiger partial charge < -0.3 is 10.6 Å². The monoisotopic (exact) mass is 453 g/mol. The number of thiazole rings is 1. The predicted molar refractivity (Wildman–Crippen MR) is 131 cm³/mol. The minimum Gasteiger partial charge on any atom is -0.326 e. The van der Waals surface area contributed by atoms with Crippen molar-refractivity contribution >= 4 is 45.7 Å². The van der Waals surface area contributed by atoms with E-state index in [0.29, 0.717) is 11.6 Å². The van der Waals surface area contributed by atoms with Crippen LogP contribution in [0.5, 0.6) is 0 Å². The number of aryl methyl sites for hydroxylation is 2. The molecule has 0 saturated carbocycles. The fourth-order valence-corrected chi connectivity index (χ4v) is 4.67. The Kier molecular flexibility index (Phi) is 7.87. The van der Waals surface area contributed by atoms with Crippen LogP contribution in [0, 0.1) is 13.8 Å². The number of aromatic nitrogens is 1. The fraction of sp³-hybridized carbons (Fsp3) is 0.292. The molecule has 1 unspecified atom stereocenters. The van der Waals surface area contributed by atoms with E-state index in [9.17, 15) is 9.59 Å². The maximum absolute atomic E-state index is 12.7. The molecule has 2 amide bonds. The first kappa shape index (κ1) is 23.0. The summed E-state index contributed by atoms with van der Waals surface area (Å²) in [4.78, 5) is 31.0. The topological polar surface area (TPSA) is 71.1 Å². The van der Waals surface area contributed by atoms with Crippen molar-refractivity contribution in [3.8, 4) is 11.3 Å². The van der Waals surface area contributed by atoms with Crippen LogP contribution >= 0.6 is 23.1 Å². The molecule has 2 aromatic carbocycles. The van der Waals surface area contributed by atoms with Crippen molar-refractivity contribution in [1.82, 2.24) is 4.98 Å². The standard InChI is InChI=1S/C24H27N3O2S2/c1-5-6-21(28)25-19-11-13-20(14-12-19)30-17(4)23(29)27-24-26-22(16(3)31-24)18-9-7-15(2)8-10-18/h7-14,17H,5-6H2,1-4H3,(H,25,28)(H,26,27,29). The third-order valence-electron chi connectivity index (χ3n) is 4.65. The van der Waals surface area contributed by atoms with Crippen molar-refractivity contribution in [3.63, 3.8) is 0 Å². The number of benzene rings is 2. The first-order valence-electron chi connectivity index (χ1n) is 10.3. The highest BCUT2D eigenvalue weighted by Crippen LogP contribution is 2.31. The Morgan fingerprint density at radius 3 is 2.35 bits per heavy atom. The lowest BCUT2D eigenvalue weighted by molar-refractivity contribution is -0.116. The van der Waals surface area contributed by atoms with Gasteiger partial charge in [-0.25, -0.2) is 4.98 Å². The van der Waals surface area contributed by atoms with Gasteiger partial charge in [0.25, 0.3) is 0 Å². The number of amides is 2. The van der Waals surface area contributed by atoms with E-state index in [0.717, 1.165) is 33.1 Å². The summed E-state index contributed by atoms with van der Waals surface area (Å²) in [6, 6.07) is 15.8. The Morgan fingerprint density at radius 2 is 1.71 bits per heavy atom. The van der Waals surface area contributed by atoms with E-state index in [1.807, 2.05) is 45.0 Å². The predicted octanol–water partition coefficient (Wildman–Crippen LogP) is 6.28. The van der Waals surface area contributed by atoms with Crippen LogP contribution in [0.15, 0.2) is 53.4 Å². The molecule has 0 radical (unpaired) electrons. The molecule has 3 rings (SSSR count). The van der Waals surface area contributed by atoms with Crippen LogP contribution in [0.25, 0.3) is 11.3 Å². The Morgan fingerprint density at radius 1 is 1.03 bits per heavy atom. The number of nitrogens with zero attached hydrogens (tertiary/aromatic N) is 1. The first-order valence-corrected chi connectivity index (χ1v) is 12.0. The van der Waals surface area contributed by atoms with E-state index in [2.05, 4.69) is 46.8 Å². The quantitative estimate of drug-likeness (QED) is 0.394. The number of thioether (sulfide) groups is 1. The maximum Gasteiger partial charge on any atom is 0.239 e. The summed E-state index contributed by atoms with van der Waals surface area (Å²) in [5, 5.41) is 6.14. The molecule has 0 aliphatic carbocycles. The van der Waals surface area contributed by atoms with Crippen LogP contribution in [0.1, 0.15) is 37.1 Å². The Hall–Kier alpha value is -2.64. The molecular weight excluding hydrogens is 426 g/mol. The number of nitrogens with one attached hydrogen (secondary N) is 2. The molecule has 0 saturated heterocycles. The highest BCUT2D eigenvalue weighted by molar-refractivity contribution is 8.00. The third-order valence-corrected chi connectivity index (χ3v) is 6.65. The molecule has 0 aliphatic rings. The normalized spacial score (nSPS) is 11.7. The van der Waals surface area contributed by atoms with Gasteiger partial charge in [-0.1, -0.05) is 36.8 Å². The summed E-state index contributed by atoms with van der Waals surface area (Å²) in [6.45, 7) is 7.92. The average Bonchev–Trinajstić information content (AvgIpc) is 3.10. The molecule has 31 heavy (non-hydrogen) atoms. The number of carbonyl (C=O) groups excluding carboxylic acids is 2. The first-order chi connectivity index (χ1) is 14.9. The molecule has 0 spiro atoms. The van der Waals surface area contributed by atoms with Gasteiger partial charge in [0, 0.05) is 27.4 Å². The molecule has 3 aromatic rings. The van der Waals surface area contributed by atoms with E-state index in [1.54, 1.807) is 0 Å². The van der Waals surface area contributed by atoms with Crippen molar-refractivity contribution in [2.24, 2.45) is 0 Å². The Labute approximate surface area is 191 Å². The van der Waals surface area contributed by atoms with Gasteiger partial charge in [0.15, 0.2) is 5.13 Å². The zero-order valence-electron chi connectivity index (χ0n) is 18.2. The highest BCUT2D eigenvalue weighted by Gasteiger charge is 2.18. The summed E-state index contributed by atoms with van der Waals surface area (Å²) < 4.78 is 0. The summed E-state index contributed by atoms with van der Waals surface area (Å²) >= 11 is 2.95. The summed E-state index contributed by atoms with van der Waals surface area (Å²) in [6.07, 6.45) is 1.33. The van der Waals surface area contributed by atoms with E-state index in [-0.39, 0.29) is 17.1 Å². The van der Waals surface area contributed by atoms with Crippen LogP contribution in [0.4, 0.5) is 10.8 Å². The fourth-order valence-electron chi connectivity index (χ4n) is 2.96. The van der Waals surface area contributed by atoms with Gasteiger partial charge in [-0.15, -0.1) is 23.1 Å². The molecule has 0 bridgehead atoms. The van der Waals surface area contributed by atoms with Gasteiger partial charge >= 0.3 is 0 Å².